The Hall–Kier alpha value is -5.14. The fourth-order valence-electron chi connectivity index (χ4n) is 8.76. The van der Waals surface area contributed by atoms with Gasteiger partial charge >= 0.3 is 0 Å². The molecule has 0 amide bonds. The number of fused-ring (bicyclic) bond motifs is 9. The van der Waals surface area contributed by atoms with Gasteiger partial charge in [-0.15, -0.1) is 0 Å². The van der Waals surface area contributed by atoms with E-state index >= 15 is 0 Å². The van der Waals surface area contributed by atoms with Crippen LogP contribution < -0.4 is 4.90 Å². The fourth-order valence-corrected chi connectivity index (χ4v) is 8.76. The van der Waals surface area contributed by atoms with Crippen LogP contribution in [0.15, 0.2) is 140 Å². The molecule has 7 aromatic rings. The Morgan fingerprint density at radius 1 is 0.375 bits per heavy atom. The van der Waals surface area contributed by atoms with E-state index in [9.17, 15) is 0 Å². The summed E-state index contributed by atoms with van der Waals surface area (Å²) in [6.07, 6.45) is 0. The van der Waals surface area contributed by atoms with Crippen LogP contribution in [0.3, 0.4) is 0 Å². The van der Waals surface area contributed by atoms with Crippen molar-refractivity contribution in [3.63, 3.8) is 0 Å². The molecule has 1 heteroatoms. The summed E-state index contributed by atoms with van der Waals surface area (Å²) < 4.78 is 0. The molecule has 0 unspecified atom stereocenters. The first-order valence-corrected chi connectivity index (χ1v) is 17.3. The molecule has 0 aromatic heterocycles. The van der Waals surface area contributed by atoms with E-state index in [1.807, 2.05) is 0 Å². The van der Waals surface area contributed by atoms with E-state index < -0.39 is 0 Å². The zero-order chi connectivity index (χ0) is 33.0. The first kappa shape index (κ1) is 29.0. The van der Waals surface area contributed by atoms with E-state index in [1.165, 1.54) is 83.1 Å². The minimum Gasteiger partial charge on any atom is -0.310 e. The smallest absolute Gasteiger partial charge is 0.0468 e. The minimum absolute atomic E-state index is 0.0326. The molecule has 0 bridgehead atoms. The van der Waals surface area contributed by atoms with Crippen molar-refractivity contribution >= 4 is 38.6 Å². The van der Waals surface area contributed by atoms with Gasteiger partial charge in [0.25, 0.3) is 0 Å². The van der Waals surface area contributed by atoms with E-state index in [4.69, 9.17) is 0 Å². The van der Waals surface area contributed by atoms with Crippen molar-refractivity contribution < 1.29 is 0 Å². The van der Waals surface area contributed by atoms with Crippen molar-refractivity contribution in [2.45, 2.75) is 57.8 Å². The van der Waals surface area contributed by atoms with Crippen LogP contribution in [0.1, 0.15) is 63.8 Å². The first-order chi connectivity index (χ1) is 23.1. The van der Waals surface area contributed by atoms with E-state index in [0.29, 0.717) is 0 Å². The van der Waals surface area contributed by atoms with Gasteiger partial charge in [-0.3, -0.25) is 0 Å². The third-order valence-corrected chi connectivity index (χ3v) is 12.2. The summed E-state index contributed by atoms with van der Waals surface area (Å²) in [6.45, 7) is 14.4. The van der Waals surface area contributed by atoms with Gasteiger partial charge in [0, 0.05) is 22.5 Å². The summed E-state index contributed by atoms with van der Waals surface area (Å²) in [6, 6.07) is 52.4. The zero-order valence-electron chi connectivity index (χ0n) is 28.7. The third kappa shape index (κ3) is 3.91. The molecule has 0 fully saturated rings. The lowest BCUT2D eigenvalue weighted by Crippen LogP contribution is -2.43. The van der Waals surface area contributed by atoms with Crippen molar-refractivity contribution in [3.8, 4) is 22.3 Å². The highest BCUT2D eigenvalue weighted by Crippen LogP contribution is 2.56. The number of hydrogen-bond acceptors (Lipinski definition) is 1. The summed E-state index contributed by atoms with van der Waals surface area (Å²) in [5.74, 6) is 0. The Kier molecular flexibility index (Phi) is 6.01. The number of benzene rings is 7. The Balaban J connectivity index is 1.28. The molecule has 1 nitrogen and oxygen atoms in total. The predicted molar refractivity (Wildman–Crippen MR) is 205 cm³/mol. The molecule has 2 aliphatic carbocycles. The quantitative estimate of drug-likeness (QED) is 0.190. The molecule has 7 aromatic carbocycles. The van der Waals surface area contributed by atoms with Crippen LogP contribution >= 0.6 is 0 Å². The van der Waals surface area contributed by atoms with Crippen LogP contribution in [-0.2, 0) is 16.2 Å². The molecular weight excluding hydrogens is 579 g/mol. The monoisotopic (exact) mass is 619 g/mol. The van der Waals surface area contributed by atoms with Crippen LogP contribution in [-0.4, -0.2) is 0 Å². The average Bonchev–Trinajstić information content (AvgIpc) is 3.33. The highest BCUT2D eigenvalue weighted by atomic mass is 15.1. The molecule has 0 N–H and O–H groups in total. The third-order valence-electron chi connectivity index (χ3n) is 12.2. The van der Waals surface area contributed by atoms with Crippen LogP contribution in [0.4, 0.5) is 17.1 Å². The summed E-state index contributed by atoms with van der Waals surface area (Å²) in [4.78, 5) is 2.48. The van der Waals surface area contributed by atoms with Crippen molar-refractivity contribution in [2.24, 2.45) is 0 Å². The molecular formula is C47H41N. The molecule has 48 heavy (non-hydrogen) atoms. The minimum atomic E-state index is -0.120. The number of hydrogen-bond donors (Lipinski definition) is 0. The Bertz CT molecular complexity index is 2440. The lowest BCUT2D eigenvalue weighted by atomic mass is 9.55. The molecule has 0 atom stereocenters. The molecule has 0 aliphatic heterocycles. The average molecular weight is 620 g/mol. The molecule has 0 saturated carbocycles. The molecule has 234 valence electrons. The molecule has 0 spiro atoms. The molecule has 0 radical (unpaired) electrons. The highest BCUT2D eigenvalue weighted by Gasteiger charge is 2.46. The van der Waals surface area contributed by atoms with Crippen LogP contribution in [0.2, 0.25) is 0 Å². The van der Waals surface area contributed by atoms with Crippen LogP contribution in [0.5, 0.6) is 0 Å². The Labute approximate surface area is 284 Å². The van der Waals surface area contributed by atoms with E-state index in [-0.39, 0.29) is 16.2 Å². The van der Waals surface area contributed by atoms with Gasteiger partial charge in [0.15, 0.2) is 0 Å². The second kappa shape index (κ2) is 9.94. The second-order valence-electron chi connectivity index (χ2n) is 15.5. The SMILES string of the molecule is CC1(C)c2cc(N(c3ccc4c(c3)C(C)(C)C(C)(C)c3ccccc3-4)c3ccc4ccccc4c3)ccc2-c2c1ccc1ccccc21. The fraction of sp³-hybridized carbons (Fsp3) is 0.191. The summed E-state index contributed by atoms with van der Waals surface area (Å²) in [7, 11) is 0. The maximum absolute atomic E-state index is 2.48. The van der Waals surface area contributed by atoms with E-state index in [0.717, 1.165) is 0 Å². The Morgan fingerprint density at radius 2 is 0.917 bits per heavy atom. The lowest BCUT2D eigenvalue weighted by Gasteiger charge is -2.48. The maximum Gasteiger partial charge on any atom is 0.0468 e. The van der Waals surface area contributed by atoms with E-state index in [1.54, 1.807) is 0 Å². The van der Waals surface area contributed by atoms with Gasteiger partial charge in [-0.2, -0.15) is 0 Å². The predicted octanol–water partition coefficient (Wildman–Crippen LogP) is 13.0. The molecule has 0 saturated heterocycles. The summed E-state index contributed by atoms with van der Waals surface area (Å²) in [5, 5.41) is 5.13. The van der Waals surface area contributed by atoms with Gasteiger partial charge in [-0.1, -0.05) is 145 Å². The van der Waals surface area contributed by atoms with Gasteiger partial charge < -0.3 is 4.90 Å². The van der Waals surface area contributed by atoms with Gasteiger partial charge in [0.2, 0.25) is 0 Å². The van der Waals surface area contributed by atoms with Gasteiger partial charge in [0.05, 0.1) is 0 Å². The van der Waals surface area contributed by atoms with E-state index in [2.05, 4.69) is 186 Å². The Morgan fingerprint density at radius 3 is 1.71 bits per heavy atom. The van der Waals surface area contributed by atoms with Gasteiger partial charge in [-0.25, -0.2) is 0 Å². The molecule has 0 heterocycles. The highest BCUT2D eigenvalue weighted by molar-refractivity contribution is 6.03. The lowest BCUT2D eigenvalue weighted by molar-refractivity contribution is 0.299. The second-order valence-corrected chi connectivity index (χ2v) is 15.5. The van der Waals surface area contributed by atoms with Gasteiger partial charge in [-0.05, 0) is 113 Å². The molecule has 9 rings (SSSR count). The van der Waals surface area contributed by atoms with Gasteiger partial charge in [0.1, 0.15) is 0 Å². The maximum atomic E-state index is 2.48. The van der Waals surface area contributed by atoms with Crippen molar-refractivity contribution in [3.05, 3.63) is 162 Å². The first-order valence-electron chi connectivity index (χ1n) is 17.3. The van der Waals surface area contributed by atoms with Crippen molar-refractivity contribution in [2.75, 3.05) is 4.90 Å². The van der Waals surface area contributed by atoms with Crippen LogP contribution in [0, 0.1) is 0 Å². The molecule has 2 aliphatic rings. The number of rotatable bonds is 3. The standard InChI is InChI=1S/C47H41N/c1-45(2)41-26-20-31-14-9-10-16-36(31)44(41)39-25-23-34(28-42(39)45)48(33-21-19-30-13-7-8-15-32(30)27-33)35-22-24-38-37-17-11-12-18-40(37)46(3,4)47(5,6)43(38)29-35/h7-29H,1-6H3. The zero-order valence-corrected chi connectivity index (χ0v) is 28.7. The van der Waals surface area contributed by atoms with Crippen molar-refractivity contribution in [1.29, 1.82) is 0 Å². The number of anilines is 3. The van der Waals surface area contributed by atoms with Crippen molar-refractivity contribution in [1.82, 2.24) is 0 Å². The largest absolute Gasteiger partial charge is 0.310 e. The van der Waals surface area contributed by atoms with Crippen LogP contribution in [0.25, 0.3) is 43.8 Å². The summed E-state index contributed by atoms with van der Waals surface area (Å²) in [5.41, 5.74) is 14.3. The topological polar surface area (TPSA) is 3.24 Å². The number of nitrogens with zero attached hydrogens (tertiary/aromatic N) is 1. The summed E-state index contributed by atoms with van der Waals surface area (Å²) >= 11 is 0. The normalized spacial score (nSPS) is 16.2.